The fourth-order valence-electron chi connectivity index (χ4n) is 8.55. The average molecular weight is 736 g/mol. The molecule has 0 radical (unpaired) electrons. The van der Waals surface area contributed by atoms with Crippen molar-refractivity contribution in [1.82, 2.24) is 26.2 Å². The molecule has 7 atom stereocenters. The number of fused-ring (bicyclic) bond motifs is 1. The molecule has 5 rings (SSSR count). The van der Waals surface area contributed by atoms with Crippen molar-refractivity contribution < 1.29 is 33.9 Å². The molecule has 1 aliphatic heterocycles. The second-order valence-corrected chi connectivity index (χ2v) is 17.2. The maximum absolute atomic E-state index is 14.9. The van der Waals surface area contributed by atoms with Gasteiger partial charge in [-0.3, -0.25) is 28.8 Å². The summed E-state index contributed by atoms with van der Waals surface area (Å²) < 4.78 is 0. The highest BCUT2D eigenvalue weighted by Gasteiger charge is 2.51. The van der Waals surface area contributed by atoms with E-state index in [9.17, 15) is 33.9 Å². The van der Waals surface area contributed by atoms with Crippen molar-refractivity contribution in [2.24, 2.45) is 17.3 Å². The molecule has 12 heteroatoms. The van der Waals surface area contributed by atoms with Gasteiger partial charge in [-0.25, -0.2) is 0 Å². The minimum atomic E-state index is -1.89. The number of nitrogens with zero attached hydrogens (tertiary/aromatic N) is 1. The molecule has 0 bridgehead atoms. The second-order valence-electron chi connectivity index (χ2n) is 17.2. The van der Waals surface area contributed by atoms with Crippen molar-refractivity contribution >= 4 is 35.3 Å². The lowest BCUT2D eigenvalue weighted by Gasteiger charge is -2.41. The summed E-state index contributed by atoms with van der Waals surface area (Å²) in [6.07, 6.45) is 10.7. The van der Waals surface area contributed by atoms with Gasteiger partial charge in [0.15, 0.2) is 5.60 Å². The van der Waals surface area contributed by atoms with Crippen molar-refractivity contribution in [2.75, 3.05) is 0 Å². The zero-order valence-electron chi connectivity index (χ0n) is 32.2. The molecule has 4 aliphatic rings. The average Bonchev–Trinajstić information content (AvgIpc) is 3.87. The monoisotopic (exact) mass is 735 g/mol. The Morgan fingerprint density at radius 1 is 0.830 bits per heavy atom. The Hall–Kier alpha value is -3.80. The minimum absolute atomic E-state index is 0.00286. The summed E-state index contributed by atoms with van der Waals surface area (Å²) in [6.45, 7) is 8.88. The van der Waals surface area contributed by atoms with E-state index in [2.05, 4.69) is 21.3 Å². The fourth-order valence-corrected chi connectivity index (χ4v) is 8.55. The van der Waals surface area contributed by atoms with Crippen molar-refractivity contribution in [3.63, 3.8) is 0 Å². The summed E-state index contributed by atoms with van der Waals surface area (Å²) in [5, 5.41) is 22.8. The minimum Gasteiger partial charge on any atom is -0.376 e. The number of hydrogen-bond donors (Lipinski definition) is 5. The number of carbonyl (C=O) groups is 6. The molecular weight excluding hydrogens is 674 g/mol. The predicted octanol–water partition coefficient (Wildman–Crippen LogP) is 3.78. The van der Waals surface area contributed by atoms with Crippen LogP contribution >= 0.6 is 0 Å². The standard InChI is InChI=1S/C41H61N5O7/c1-6-15-29(33(47)37(50)42-28-22-23-28)43-35(48)31-24-26-18-13-14-21-30(26)46(31)38(51)34(40(2,3)4)45-36(49)32(25-16-9-7-10-17-25)44-39(52)41(5,53)27-19-11-8-12-20-27/h8,11-12,19-20,25-26,28-32,34,53H,6-7,9-10,13-18,21-24H2,1-5H3,(H,42,50)(H,43,48)(H,44,52)(H,45,49)/t26-,29-,30-,31-,32-,34+,41-/m0/s1. The van der Waals surface area contributed by atoms with E-state index in [0.29, 0.717) is 37.7 Å². The topological polar surface area (TPSA) is 174 Å². The Morgan fingerprint density at radius 3 is 2.09 bits per heavy atom. The van der Waals surface area contributed by atoms with Gasteiger partial charge < -0.3 is 31.3 Å². The van der Waals surface area contributed by atoms with E-state index in [-0.39, 0.29) is 29.8 Å². The van der Waals surface area contributed by atoms with E-state index >= 15 is 0 Å². The lowest BCUT2D eigenvalue weighted by Crippen LogP contribution is -2.63. The number of rotatable bonds is 14. The first-order valence-corrected chi connectivity index (χ1v) is 20.0. The molecule has 53 heavy (non-hydrogen) atoms. The van der Waals surface area contributed by atoms with Gasteiger partial charge in [-0.2, -0.15) is 0 Å². The lowest BCUT2D eigenvalue weighted by atomic mass is 9.81. The highest BCUT2D eigenvalue weighted by atomic mass is 16.3. The van der Waals surface area contributed by atoms with Crippen molar-refractivity contribution in [3.8, 4) is 0 Å². The first-order chi connectivity index (χ1) is 25.1. The molecule has 3 saturated carbocycles. The van der Waals surface area contributed by atoms with Crippen LogP contribution in [-0.4, -0.2) is 81.6 Å². The first kappa shape index (κ1) is 40.4. The van der Waals surface area contributed by atoms with Gasteiger partial charge in [-0.1, -0.05) is 96.6 Å². The van der Waals surface area contributed by atoms with E-state index in [1.807, 2.05) is 27.7 Å². The summed E-state index contributed by atoms with van der Waals surface area (Å²) in [7, 11) is 0. The molecule has 0 spiro atoms. The van der Waals surface area contributed by atoms with Crippen LogP contribution in [0.25, 0.3) is 0 Å². The molecule has 3 aliphatic carbocycles. The maximum atomic E-state index is 14.9. The van der Waals surface area contributed by atoms with Crippen LogP contribution in [0.2, 0.25) is 0 Å². The number of likely N-dealkylation sites (tertiary alicyclic amines) is 1. The van der Waals surface area contributed by atoms with Gasteiger partial charge in [-0.15, -0.1) is 0 Å². The van der Waals surface area contributed by atoms with Crippen molar-refractivity contribution in [1.29, 1.82) is 0 Å². The van der Waals surface area contributed by atoms with Crippen LogP contribution in [0.5, 0.6) is 0 Å². The molecule has 4 fully saturated rings. The molecule has 1 aromatic rings. The smallest absolute Gasteiger partial charge is 0.289 e. The van der Waals surface area contributed by atoms with Crippen molar-refractivity contribution in [3.05, 3.63) is 35.9 Å². The van der Waals surface area contributed by atoms with Gasteiger partial charge in [-0.05, 0) is 81.1 Å². The third kappa shape index (κ3) is 9.66. The molecule has 292 valence electrons. The Bertz CT molecular complexity index is 1500. The molecule has 0 unspecified atom stereocenters. The van der Waals surface area contributed by atoms with E-state index < -0.39 is 64.6 Å². The van der Waals surface area contributed by atoms with Gasteiger partial charge >= 0.3 is 0 Å². The summed E-state index contributed by atoms with van der Waals surface area (Å²) in [5.41, 5.74) is -2.27. The number of ketones is 1. The predicted molar refractivity (Wildman–Crippen MR) is 200 cm³/mol. The number of aliphatic hydroxyl groups is 1. The SMILES string of the molecule is CCC[C@H](NC(=O)[C@@H]1C[C@@H]2CCCC[C@@H]2N1C(=O)[C@@H](NC(=O)[C@@H](NC(=O)[C@@](C)(O)c1ccccc1)C1CCCCC1)C(C)(C)C)C(=O)C(=O)NC1CC1. The highest BCUT2D eigenvalue weighted by Crippen LogP contribution is 2.41. The third-order valence-corrected chi connectivity index (χ3v) is 11.9. The van der Waals surface area contributed by atoms with Crippen LogP contribution in [0.1, 0.15) is 130 Å². The third-order valence-electron chi connectivity index (χ3n) is 11.9. The zero-order valence-corrected chi connectivity index (χ0v) is 32.2. The quantitative estimate of drug-likeness (QED) is 0.181. The zero-order chi connectivity index (χ0) is 38.5. The van der Waals surface area contributed by atoms with E-state index in [1.54, 1.807) is 35.2 Å². The Morgan fingerprint density at radius 2 is 1.47 bits per heavy atom. The van der Waals surface area contributed by atoms with Crippen LogP contribution in [0, 0.1) is 17.3 Å². The Kier molecular flexibility index (Phi) is 13.0. The van der Waals surface area contributed by atoms with Gasteiger partial charge in [0.1, 0.15) is 18.1 Å². The number of Topliss-reactive ketones (excluding diaryl/α,β-unsaturated/α-hetero) is 1. The number of nitrogens with one attached hydrogen (secondary N) is 4. The molecular formula is C41H61N5O7. The van der Waals surface area contributed by atoms with Gasteiger partial charge in [0, 0.05) is 12.1 Å². The molecule has 1 saturated heterocycles. The van der Waals surface area contributed by atoms with Crippen LogP contribution in [-0.2, 0) is 34.4 Å². The van der Waals surface area contributed by atoms with Crippen molar-refractivity contribution in [2.45, 2.75) is 166 Å². The van der Waals surface area contributed by atoms with Crippen LogP contribution in [0.4, 0.5) is 0 Å². The number of benzene rings is 1. The van der Waals surface area contributed by atoms with Gasteiger partial charge in [0.25, 0.3) is 11.8 Å². The summed E-state index contributed by atoms with van der Waals surface area (Å²) in [5.74, 6) is -3.51. The summed E-state index contributed by atoms with van der Waals surface area (Å²) in [6, 6.07) is 4.48. The van der Waals surface area contributed by atoms with Crippen LogP contribution in [0.3, 0.4) is 0 Å². The van der Waals surface area contributed by atoms with Gasteiger partial charge in [0.2, 0.25) is 23.5 Å². The largest absolute Gasteiger partial charge is 0.376 e. The second kappa shape index (κ2) is 17.1. The molecule has 5 N–H and O–H groups in total. The normalized spacial score (nSPS) is 24.8. The van der Waals surface area contributed by atoms with E-state index in [4.69, 9.17) is 0 Å². The first-order valence-electron chi connectivity index (χ1n) is 20.0. The molecule has 0 aromatic heterocycles. The highest BCUT2D eigenvalue weighted by molar-refractivity contribution is 6.38. The van der Waals surface area contributed by atoms with Crippen LogP contribution in [0.15, 0.2) is 30.3 Å². The van der Waals surface area contributed by atoms with E-state index in [1.165, 1.54) is 6.92 Å². The number of carbonyl (C=O) groups excluding carboxylic acids is 6. The molecule has 5 amide bonds. The Labute approximate surface area is 314 Å². The Balaban J connectivity index is 1.39. The fraction of sp³-hybridized carbons (Fsp3) is 0.707. The number of amides is 5. The number of hydrogen-bond acceptors (Lipinski definition) is 7. The molecule has 1 aromatic carbocycles. The van der Waals surface area contributed by atoms with Gasteiger partial charge in [0.05, 0.1) is 6.04 Å². The van der Waals surface area contributed by atoms with Crippen LogP contribution < -0.4 is 21.3 Å². The van der Waals surface area contributed by atoms with E-state index in [0.717, 1.165) is 57.8 Å². The summed E-state index contributed by atoms with van der Waals surface area (Å²) >= 11 is 0. The molecule has 12 nitrogen and oxygen atoms in total. The lowest BCUT2D eigenvalue weighted by molar-refractivity contribution is -0.148. The maximum Gasteiger partial charge on any atom is 0.289 e. The molecule has 1 heterocycles. The summed E-state index contributed by atoms with van der Waals surface area (Å²) in [4.78, 5) is 84.7.